The topological polar surface area (TPSA) is 82.5 Å². The molecular formula is C12H12N6S. The van der Waals surface area contributed by atoms with Crippen LogP contribution in [0.5, 0.6) is 0 Å². The van der Waals surface area contributed by atoms with Crippen molar-refractivity contribution < 1.29 is 0 Å². The molecule has 2 aromatic heterocycles. The van der Waals surface area contributed by atoms with Crippen LogP contribution in [0, 0.1) is 0 Å². The minimum Gasteiger partial charge on any atom is -0.399 e. The summed E-state index contributed by atoms with van der Waals surface area (Å²) < 4.78 is 5.87. The maximum Gasteiger partial charge on any atom is 0.231 e. The van der Waals surface area contributed by atoms with Gasteiger partial charge in [0.1, 0.15) is 12.2 Å². The minimum atomic E-state index is 0.647. The molecule has 0 bridgehead atoms. The van der Waals surface area contributed by atoms with Crippen LogP contribution < -0.4 is 5.73 Å². The Balaban J connectivity index is 1.92. The second-order valence-corrected chi connectivity index (χ2v) is 4.71. The number of aryl methyl sites for hydroxylation is 1. The Bertz CT molecular complexity index is 684. The highest BCUT2D eigenvalue weighted by Gasteiger charge is 2.09. The third-order valence-electron chi connectivity index (χ3n) is 2.63. The highest BCUT2D eigenvalue weighted by molar-refractivity contribution is 7.08. The fraction of sp³-hybridized carbons (Fsp3) is 0.167. The summed E-state index contributed by atoms with van der Waals surface area (Å²) in [5, 5.41) is 5.13. The van der Waals surface area contributed by atoms with E-state index in [1.54, 1.807) is 11.0 Å². The van der Waals surface area contributed by atoms with Crippen LogP contribution in [0.25, 0.3) is 16.5 Å². The monoisotopic (exact) mass is 272 g/mol. The van der Waals surface area contributed by atoms with Crippen LogP contribution in [0.15, 0.2) is 30.6 Å². The Morgan fingerprint density at radius 2 is 2.05 bits per heavy atom. The molecule has 2 heterocycles. The van der Waals surface area contributed by atoms with Crippen LogP contribution >= 0.6 is 11.5 Å². The molecule has 0 amide bonds. The maximum absolute atomic E-state index is 5.66. The van der Waals surface area contributed by atoms with Gasteiger partial charge in [-0.2, -0.15) is 9.06 Å². The molecule has 1 aromatic carbocycles. The van der Waals surface area contributed by atoms with Gasteiger partial charge >= 0.3 is 0 Å². The minimum absolute atomic E-state index is 0.647. The molecule has 19 heavy (non-hydrogen) atoms. The van der Waals surface area contributed by atoms with E-state index < -0.39 is 0 Å². The molecule has 96 valence electrons. The van der Waals surface area contributed by atoms with E-state index in [9.17, 15) is 0 Å². The van der Waals surface area contributed by atoms with Crippen LogP contribution in [0.1, 0.15) is 12.7 Å². The zero-order chi connectivity index (χ0) is 13.2. The molecule has 0 unspecified atom stereocenters. The van der Waals surface area contributed by atoms with Gasteiger partial charge in [0.25, 0.3) is 0 Å². The van der Waals surface area contributed by atoms with Crippen molar-refractivity contribution in [2.45, 2.75) is 13.3 Å². The van der Waals surface area contributed by atoms with Gasteiger partial charge in [-0.05, 0) is 24.3 Å². The number of hydrogen-bond acceptors (Lipinski definition) is 6. The van der Waals surface area contributed by atoms with Gasteiger partial charge in [-0.15, -0.1) is 5.10 Å². The first-order valence-electron chi connectivity index (χ1n) is 5.87. The molecule has 0 spiro atoms. The van der Waals surface area contributed by atoms with Gasteiger partial charge in [0, 0.05) is 29.2 Å². The molecule has 0 radical (unpaired) electrons. The van der Waals surface area contributed by atoms with Crippen molar-refractivity contribution in [1.82, 2.24) is 24.1 Å². The zero-order valence-corrected chi connectivity index (χ0v) is 11.1. The number of nitrogens with two attached hydrogens (primary N) is 1. The molecule has 6 nitrogen and oxygen atoms in total. The molecule has 0 aliphatic heterocycles. The predicted octanol–water partition coefficient (Wildman–Crippen LogP) is 1.93. The summed E-state index contributed by atoms with van der Waals surface area (Å²) in [4.78, 5) is 8.65. The summed E-state index contributed by atoms with van der Waals surface area (Å²) >= 11 is 1.32. The fourth-order valence-corrected chi connectivity index (χ4v) is 2.28. The fourth-order valence-electron chi connectivity index (χ4n) is 1.60. The molecule has 3 aromatic rings. The average Bonchev–Trinajstić information content (AvgIpc) is 3.08. The number of anilines is 1. The van der Waals surface area contributed by atoms with E-state index in [0.29, 0.717) is 5.82 Å². The zero-order valence-electron chi connectivity index (χ0n) is 10.3. The molecule has 0 atom stereocenters. The molecule has 0 aliphatic rings. The lowest BCUT2D eigenvalue weighted by Crippen LogP contribution is -1.95. The van der Waals surface area contributed by atoms with Gasteiger partial charge in [-0.3, -0.25) is 0 Å². The quantitative estimate of drug-likeness (QED) is 0.737. The van der Waals surface area contributed by atoms with Crippen LogP contribution in [-0.4, -0.2) is 24.1 Å². The van der Waals surface area contributed by atoms with Gasteiger partial charge in [-0.1, -0.05) is 6.92 Å². The van der Waals surface area contributed by atoms with Crippen molar-refractivity contribution in [3.63, 3.8) is 0 Å². The van der Waals surface area contributed by atoms with Gasteiger partial charge in [-0.25, -0.2) is 9.97 Å². The van der Waals surface area contributed by atoms with E-state index in [4.69, 9.17) is 5.73 Å². The van der Waals surface area contributed by atoms with Gasteiger partial charge in [0.15, 0.2) is 5.82 Å². The van der Waals surface area contributed by atoms with Crippen molar-refractivity contribution in [2.75, 3.05) is 5.73 Å². The van der Waals surface area contributed by atoms with Crippen molar-refractivity contribution in [1.29, 1.82) is 0 Å². The number of hydrogen-bond donors (Lipinski definition) is 1. The Labute approximate surface area is 114 Å². The molecule has 0 fully saturated rings. The van der Waals surface area contributed by atoms with E-state index in [1.807, 2.05) is 31.2 Å². The summed E-state index contributed by atoms with van der Waals surface area (Å²) in [7, 11) is 0. The number of benzene rings is 1. The highest BCUT2D eigenvalue weighted by Crippen LogP contribution is 2.18. The molecule has 3 rings (SSSR count). The molecule has 7 heteroatoms. The van der Waals surface area contributed by atoms with Gasteiger partial charge in [0.2, 0.25) is 5.13 Å². The SMILES string of the molecule is CCc1nsc(-n2cnc(-c3ccc(N)cc3)n2)n1. The third kappa shape index (κ3) is 2.32. The second kappa shape index (κ2) is 4.77. The van der Waals surface area contributed by atoms with Crippen molar-refractivity contribution in [2.24, 2.45) is 0 Å². The van der Waals surface area contributed by atoms with E-state index in [1.165, 1.54) is 11.5 Å². The van der Waals surface area contributed by atoms with Gasteiger partial charge < -0.3 is 5.73 Å². The summed E-state index contributed by atoms with van der Waals surface area (Å²) in [6.07, 6.45) is 2.46. The van der Waals surface area contributed by atoms with Gasteiger partial charge in [0.05, 0.1) is 0 Å². The Morgan fingerprint density at radius 1 is 1.26 bits per heavy atom. The molecule has 2 N–H and O–H groups in total. The number of aromatic nitrogens is 5. The largest absolute Gasteiger partial charge is 0.399 e. The normalized spacial score (nSPS) is 10.8. The molecular weight excluding hydrogens is 260 g/mol. The summed E-state index contributed by atoms with van der Waals surface area (Å²) in [6, 6.07) is 7.45. The van der Waals surface area contributed by atoms with Crippen LogP contribution in [0.2, 0.25) is 0 Å². The third-order valence-corrected chi connectivity index (χ3v) is 3.37. The molecule has 0 aliphatic carbocycles. The average molecular weight is 272 g/mol. The lowest BCUT2D eigenvalue weighted by Gasteiger charge is -1.96. The Morgan fingerprint density at radius 3 is 2.74 bits per heavy atom. The van der Waals surface area contributed by atoms with Crippen LogP contribution in [0.3, 0.4) is 0 Å². The van der Waals surface area contributed by atoms with E-state index in [-0.39, 0.29) is 0 Å². The number of nitrogen functional groups attached to an aromatic ring is 1. The number of rotatable bonds is 3. The highest BCUT2D eigenvalue weighted by atomic mass is 32.1. The number of nitrogens with zero attached hydrogens (tertiary/aromatic N) is 5. The Hall–Kier alpha value is -2.28. The first kappa shape index (κ1) is 11.8. The summed E-state index contributed by atoms with van der Waals surface area (Å²) in [5.41, 5.74) is 7.30. The van der Waals surface area contributed by atoms with Crippen LogP contribution in [-0.2, 0) is 6.42 Å². The van der Waals surface area contributed by atoms with Crippen LogP contribution in [0.4, 0.5) is 5.69 Å². The van der Waals surface area contributed by atoms with E-state index in [2.05, 4.69) is 19.4 Å². The first-order chi connectivity index (χ1) is 9.26. The smallest absolute Gasteiger partial charge is 0.231 e. The van der Waals surface area contributed by atoms with E-state index in [0.717, 1.165) is 28.6 Å². The Kier molecular flexibility index (Phi) is 2.96. The van der Waals surface area contributed by atoms with E-state index >= 15 is 0 Å². The summed E-state index contributed by atoms with van der Waals surface area (Å²) in [5.74, 6) is 1.47. The molecule has 0 saturated heterocycles. The maximum atomic E-state index is 5.66. The summed E-state index contributed by atoms with van der Waals surface area (Å²) in [6.45, 7) is 2.02. The first-order valence-corrected chi connectivity index (χ1v) is 6.64. The second-order valence-electron chi connectivity index (χ2n) is 3.98. The molecule has 0 saturated carbocycles. The van der Waals surface area contributed by atoms with Crippen molar-refractivity contribution in [3.05, 3.63) is 36.4 Å². The predicted molar refractivity (Wildman–Crippen MR) is 74.1 cm³/mol. The lowest BCUT2D eigenvalue weighted by molar-refractivity contribution is 0.855. The van der Waals surface area contributed by atoms with Crippen molar-refractivity contribution >= 4 is 17.2 Å². The van der Waals surface area contributed by atoms with Crippen molar-refractivity contribution in [3.8, 4) is 16.5 Å². The lowest BCUT2D eigenvalue weighted by atomic mass is 10.2. The standard InChI is InChI=1S/C12H12N6S/c1-2-10-15-12(19-17-10)18-7-14-11(16-18)8-3-5-9(13)6-4-8/h3-7H,2,13H2,1H3.